The van der Waals surface area contributed by atoms with Gasteiger partial charge in [0.15, 0.2) is 0 Å². The van der Waals surface area contributed by atoms with Crippen molar-refractivity contribution in [2.75, 3.05) is 0 Å². The van der Waals surface area contributed by atoms with Crippen LogP contribution < -0.4 is 0 Å². The van der Waals surface area contributed by atoms with Gasteiger partial charge in [0.05, 0.1) is 90.7 Å². The Morgan fingerprint density at radius 1 is 0.207 bits per heavy atom. The van der Waals surface area contributed by atoms with E-state index < -0.39 is 0 Å². The number of aromatic nitrogens is 4. The molecule has 0 saturated carbocycles. The molecular weight excluding hydrogens is 1120 g/mol. The van der Waals surface area contributed by atoms with Crippen LogP contribution >= 0.6 is 0 Å². The van der Waals surface area contributed by atoms with Gasteiger partial charge in [-0.2, -0.15) is 21.0 Å². The highest BCUT2D eigenvalue weighted by molar-refractivity contribution is 6.26. The highest BCUT2D eigenvalue weighted by atomic mass is 15.1. The summed E-state index contributed by atoms with van der Waals surface area (Å²) in [6.07, 6.45) is 0. The molecule has 4 aromatic heterocycles. The van der Waals surface area contributed by atoms with Crippen LogP contribution in [0.25, 0.3) is 165 Å². The van der Waals surface area contributed by atoms with Crippen molar-refractivity contribution in [2.24, 2.45) is 0 Å². The van der Waals surface area contributed by atoms with E-state index in [4.69, 9.17) is 0 Å². The topological polar surface area (TPSA) is 115 Å². The van der Waals surface area contributed by atoms with Gasteiger partial charge in [0.25, 0.3) is 0 Å². The predicted molar refractivity (Wildman–Crippen MR) is 374 cm³/mol. The number of para-hydroxylation sites is 3. The minimum atomic E-state index is 0.389. The molecule has 0 radical (unpaired) electrons. The summed E-state index contributed by atoms with van der Waals surface area (Å²) >= 11 is 0. The lowest BCUT2D eigenvalue weighted by Crippen LogP contribution is -1.99. The van der Waals surface area contributed by atoms with E-state index in [9.17, 15) is 21.0 Å². The van der Waals surface area contributed by atoms with E-state index in [1.54, 1.807) is 18.2 Å². The molecule has 0 saturated heterocycles. The fourth-order valence-corrected chi connectivity index (χ4v) is 14.9. The first-order valence-electron chi connectivity index (χ1n) is 30.5. The standard InChI is InChI=1S/C84H46N8/c85-47-58-18-11-19-59(48-86)80(58)57-17-12-20-64(45-57)90-78-40-31-56(46-74(78)73-39-38-72-69-23-7-10-26-77(69)92(83(72)84(73)90)66-35-28-52-14-2-4-16-55(52)44-66)60-41-61(49-87)79(62(42-60)50-88)53-29-32-63(33-30-53)89-75-24-8-5-21-67(75)70-36-37-71-68-22-6-9-25-76(68)91(82(71)81(70)89)65-34-27-51-13-1-3-15-54(51)43-65/h1-46H. The molecule has 0 unspecified atom stereocenters. The first-order valence-corrected chi connectivity index (χ1v) is 30.5. The lowest BCUT2D eigenvalue weighted by atomic mass is 9.90. The Kier molecular flexibility index (Phi) is 11.4. The van der Waals surface area contributed by atoms with Gasteiger partial charge >= 0.3 is 0 Å². The summed E-state index contributed by atoms with van der Waals surface area (Å²) < 4.78 is 9.45. The fourth-order valence-electron chi connectivity index (χ4n) is 14.9. The lowest BCUT2D eigenvalue weighted by Gasteiger charge is -2.15. The highest BCUT2D eigenvalue weighted by Gasteiger charge is 2.26. The van der Waals surface area contributed by atoms with Crippen LogP contribution in [0.3, 0.4) is 0 Å². The Hall–Kier alpha value is -13.2. The van der Waals surface area contributed by atoms with Crippen molar-refractivity contribution in [2.45, 2.75) is 0 Å². The summed E-state index contributed by atoms with van der Waals surface area (Å²) in [4.78, 5) is 0. The predicted octanol–water partition coefficient (Wildman–Crippen LogP) is 20.9. The number of rotatable bonds is 7. The Morgan fingerprint density at radius 2 is 0.587 bits per heavy atom. The fraction of sp³-hybridized carbons (Fsp3) is 0. The van der Waals surface area contributed by atoms with Crippen LogP contribution in [0.5, 0.6) is 0 Å². The molecule has 0 spiro atoms. The van der Waals surface area contributed by atoms with Crippen LogP contribution in [0.2, 0.25) is 0 Å². The Bertz CT molecular complexity index is 6370. The molecule has 0 atom stereocenters. The zero-order valence-electron chi connectivity index (χ0n) is 49.1. The molecule has 0 amide bonds. The molecule has 0 fully saturated rings. The van der Waals surface area contributed by atoms with Crippen LogP contribution in [-0.2, 0) is 0 Å². The molecule has 8 nitrogen and oxygen atoms in total. The van der Waals surface area contributed by atoms with Crippen LogP contribution in [0.1, 0.15) is 22.3 Å². The van der Waals surface area contributed by atoms with Gasteiger partial charge in [-0.05, 0) is 147 Å². The number of fused-ring (bicyclic) bond motifs is 16. The summed E-state index contributed by atoms with van der Waals surface area (Å²) in [6.45, 7) is 0. The zero-order chi connectivity index (χ0) is 61.3. The van der Waals surface area contributed by atoms with Gasteiger partial charge in [0.1, 0.15) is 0 Å². The molecule has 0 N–H and O–H groups in total. The molecule has 4 heterocycles. The minimum Gasteiger partial charge on any atom is -0.307 e. The van der Waals surface area contributed by atoms with Gasteiger partial charge in [-0.15, -0.1) is 0 Å². The first kappa shape index (κ1) is 51.9. The summed E-state index contributed by atoms with van der Waals surface area (Å²) in [5.74, 6) is 0. The van der Waals surface area contributed by atoms with Crippen molar-refractivity contribution >= 4 is 109 Å². The Balaban J connectivity index is 0.813. The van der Waals surface area contributed by atoms with E-state index in [1.807, 2.05) is 36.4 Å². The van der Waals surface area contributed by atoms with Crippen LogP contribution in [-0.4, -0.2) is 18.3 Å². The first-order chi connectivity index (χ1) is 45.5. The smallest absolute Gasteiger partial charge is 0.0998 e. The maximum atomic E-state index is 11.2. The average Bonchev–Trinajstić information content (AvgIpc) is 1.55. The van der Waals surface area contributed by atoms with E-state index in [2.05, 4.69) is 267 Å². The largest absolute Gasteiger partial charge is 0.307 e. The molecule has 18 rings (SSSR count). The zero-order valence-corrected chi connectivity index (χ0v) is 49.1. The third-order valence-corrected chi connectivity index (χ3v) is 18.8. The van der Waals surface area contributed by atoms with Crippen molar-refractivity contribution < 1.29 is 0 Å². The summed E-state index contributed by atoms with van der Waals surface area (Å²) in [5, 5.41) is 56.5. The average molecular weight is 1170 g/mol. The molecule has 14 aromatic carbocycles. The second kappa shape index (κ2) is 20.2. The molecule has 0 aliphatic rings. The SMILES string of the molecule is N#Cc1cccc(C#N)c1-c1cccc(-n2c3ccc(-c4cc(C#N)c(-c5ccc(-n6c7ccccc7c7ccc8c9ccccc9n(-c9ccc%10ccccc%10c9)c8c76)cc5)c(C#N)c4)cc3c3ccc4c5ccccc5n(-c5ccc6ccccc6c5)c4c32)c1. The third-order valence-electron chi connectivity index (χ3n) is 18.8. The van der Waals surface area contributed by atoms with E-state index in [0.29, 0.717) is 33.4 Å². The summed E-state index contributed by atoms with van der Waals surface area (Å²) in [7, 11) is 0. The van der Waals surface area contributed by atoms with Crippen molar-refractivity contribution in [1.82, 2.24) is 18.3 Å². The van der Waals surface area contributed by atoms with E-state index in [1.165, 1.54) is 16.2 Å². The second-order valence-corrected chi connectivity index (χ2v) is 23.6. The normalized spacial score (nSPS) is 11.7. The highest BCUT2D eigenvalue weighted by Crippen LogP contribution is 2.46. The minimum absolute atomic E-state index is 0.389. The third kappa shape index (κ3) is 7.60. The van der Waals surface area contributed by atoms with E-state index in [-0.39, 0.29) is 0 Å². The molecule has 8 heteroatoms. The van der Waals surface area contributed by atoms with E-state index >= 15 is 0 Å². The van der Waals surface area contributed by atoms with Gasteiger partial charge in [0.2, 0.25) is 0 Å². The second-order valence-electron chi connectivity index (χ2n) is 23.6. The van der Waals surface area contributed by atoms with Gasteiger partial charge in [-0.3, -0.25) is 0 Å². The maximum absolute atomic E-state index is 11.2. The van der Waals surface area contributed by atoms with Crippen LogP contribution in [0.15, 0.2) is 279 Å². The molecule has 0 aliphatic heterocycles. The van der Waals surface area contributed by atoms with Crippen molar-refractivity contribution in [3.05, 3.63) is 301 Å². The monoisotopic (exact) mass is 1170 g/mol. The summed E-state index contributed by atoms with van der Waals surface area (Å²) in [5.41, 5.74) is 18.1. The number of nitriles is 4. The number of hydrogen-bond acceptors (Lipinski definition) is 4. The molecular formula is C84H46N8. The Labute approximate surface area is 526 Å². The molecule has 0 aliphatic carbocycles. The molecule has 92 heavy (non-hydrogen) atoms. The van der Waals surface area contributed by atoms with Crippen molar-refractivity contribution in [1.29, 1.82) is 21.0 Å². The van der Waals surface area contributed by atoms with Crippen molar-refractivity contribution in [3.8, 4) is 80.4 Å². The molecule has 0 bridgehead atoms. The van der Waals surface area contributed by atoms with Gasteiger partial charge < -0.3 is 18.3 Å². The number of nitrogens with zero attached hydrogens (tertiary/aromatic N) is 8. The van der Waals surface area contributed by atoms with Gasteiger partial charge in [-0.25, -0.2) is 0 Å². The Morgan fingerprint density at radius 3 is 1.08 bits per heavy atom. The van der Waals surface area contributed by atoms with Crippen LogP contribution in [0.4, 0.5) is 0 Å². The number of hydrogen-bond donors (Lipinski definition) is 0. The van der Waals surface area contributed by atoms with E-state index in [0.717, 1.165) is 138 Å². The summed E-state index contributed by atoms with van der Waals surface area (Å²) in [6, 6.07) is 107. The van der Waals surface area contributed by atoms with Gasteiger partial charge in [0, 0.05) is 77.0 Å². The number of benzene rings is 14. The van der Waals surface area contributed by atoms with Crippen LogP contribution in [0, 0.1) is 45.3 Å². The van der Waals surface area contributed by atoms with Crippen molar-refractivity contribution in [3.63, 3.8) is 0 Å². The lowest BCUT2D eigenvalue weighted by molar-refractivity contribution is 1.15. The molecule has 422 valence electrons. The quantitative estimate of drug-likeness (QED) is 0.158. The van der Waals surface area contributed by atoms with Gasteiger partial charge in [-0.1, -0.05) is 176 Å². The maximum Gasteiger partial charge on any atom is 0.0998 e. The molecule has 18 aromatic rings.